The van der Waals surface area contributed by atoms with E-state index in [0.717, 1.165) is 10.5 Å². The molecule has 2 heterocycles. The van der Waals surface area contributed by atoms with Crippen molar-refractivity contribution in [1.82, 2.24) is 10.3 Å². The standard InChI is InChI=1S/C16H14N4O5/c21-14(17-8-11-4-2-1-3-5-11)9-19-15(22)10-25-12-6-7-13(20(23)24)18-16(12)19/h1-7H,8-10H2,(H,17,21). The molecule has 0 fully saturated rings. The van der Waals surface area contributed by atoms with Gasteiger partial charge in [0.15, 0.2) is 12.4 Å². The third-order valence-corrected chi connectivity index (χ3v) is 3.55. The van der Waals surface area contributed by atoms with Crippen LogP contribution in [0.25, 0.3) is 0 Å². The van der Waals surface area contributed by atoms with Gasteiger partial charge in [-0.2, -0.15) is 0 Å². The zero-order valence-corrected chi connectivity index (χ0v) is 13.0. The highest BCUT2D eigenvalue weighted by Crippen LogP contribution is 2.31. The topological polar surface area (TPSA) is 115 Å². The summed E-state index contributed by atoms with van der Waals surface area (Å²) in [7, 11) is 0. The van der Waals surface area contributed by atoms with Gasteiger partial charge in [0.2, 0.25) is 5.91 Å². The Morgan fingerprint density at radius 3 is 2.76 bits per heavy atom. The third-order valence-electron chi connectivity index (χ3n) is 3.55. The molecule has 9 nitrogen and oxygen atoms in total. The molecule has 0 aliphatic carbocycles. The molecule has 1 aromatic heterocycles. The Hall–Kier alpha value is -3.49. The van der Waals surface area contributed by atoms with Crippen LogP contribution >= 0.6 is 0 Å². The Bertz CT molecular complexity index is 825. The fourth-order valence-corrected chi connectivity index (χ4v) is 2.33. The molecule has 0 saturated heterocycles. The average molecular weight is 342 g/mol. The van der Waals surface area contributed by atoms with Gasteiger partial charge in [-0.25, -0.2) is 0 Å². The van der Waals surface area contributed by atoms with Crippen LogP contribution in [0.3, 0.4) is 0 Å². The Morgan fingerprint density at radius 1 is 1.28 bits per heavy atom. The van der Waals surface area contributed by atoms with Gasteiger partial charge in [-0.15, -0.1) is 0 Å². The van der Waals surface area contributed by atoms with E-state index in [1.165, 1.54) is 12.1 Å². The van der Waals surface area contributed by atoms with Crippen LogP contribution in [0.5, 0.6) is 5.75 Å². The maximum atomic E-state index is 12.2. The molecular weight excluding hydrogens is 328 g/mol. The van der Waals surface area contributed by atoms with Crippen molar-refractivity contribution >= 4 is 23.5 Å². The highest BCUT2D eigenvalue weighted by atomic mass is 16.6. The molecule has 1 aliphatic heterocycles. The van der Waals surface area contributed by atoms with E-state index >= 15 is 0 Å². The monoisotopic (exact) mass is 342 g/mol. The molecule has 0 radical (unpaired) electrons. The highest BCUT2D eigenvalue weighted by molar-refractivity contribution is 6.01. The lowest BCUT2D eigenvalue weighted by Gasteiger charge is -2.24. The van der Waals surface area contributed by atoms with Crippen molar-refractivity contribution < 1.29 is 19.2 Å². The Morgan fingerprint density at radius 2 is 2.04 bits per heavy atom. The van der Waals surface area contributed by atoms with Gasteiger partial charge in [0.05, 0.1) is 0 Å². The molecule has 25 heavy (non-hydrogen) atoms. The van der Waals surface area contributed by atoms with Crippen molar-refractivity contribution in [2.75, 3.05) is 18.1 Å². The number of fused-ring (bicyclic) bond motifs is 1. The normalized spacial score (nSPS) is 13.0. The van der Waals surface area contributed by atoms with Crippen LogP contribution < -0.4 is 15.0 Å². The molecule has 1 N–H and O–H groups in total. The number of anilines is 1. The number of pyridine rings is 1. The smallest absolute Gasteiger partial charge is 0.366 e. The van der Waals surface area contributed by atoms with Crippen LogP contribution in [0.1, 0.15) is 5.56 Å². The van der Waals surface area contributed by atoms with E-state index in [2.05, 4.69) is 10.3 Å². The van der Waals surface area contributed by atoms with Gasteiger partial charge in [0.1, 0.15) is 6.54 Å². The minimum Gasteiger partial charge on any atom is -0.477 e. The molecule has 0 saturated carbocycles. The van der Waals surface area contributed by atoms with Crippen molar-refractivity contribution in [3.05, 3.63) is 58.1 Å². The van der Waals surface area contributed by atoms with Gasteiger partial charge >= 0.3 is 5.82 Å². The van der Waals surface area contributed by atoms with E-state index in [0.29, 0.717) is 6.54 Å². The predicted molar refractivity (Wildman–Crippen MR) is 87.0 cm³/mol. The quantitative estimate of drug-likeness (QED) is 0.641. The van der Waals surface area contributed by atoms with Crippen LogP contribution in [-0.2, 0) is 16.1 Å². The number of carbonyl (C=O) groups is 2. The summed E-state index contributed by atoms with van der Waals surface area (Å²) in [6.07, 6.45) is 0. The molecule has 1 aromatic carbocycles. The summed E-state index contributed by atoms with van der Waals surface area (Å²) in [5, 5.41) is 13.6. The summed E-state index contributed by atoms with van der Waals surface area (Å²) < 4.78 is 5.20. The minimum atomic E-state index is -0.674. The number of hydrogen-bond donors (Lipinski definition) is 1. The number of carbonyl (C=O) groups excluding carboxylic acids is 2. The second-order valence-corrected chi connectivity index (χ2v) is 5.28. The van der Waals surface area contributed by atoms with Crippen LogP contribution in [0, 0.1) is 10.1 Å². The lowest BCUT2D eigenvalue weighted by atomic mass is 10.2. The van der Waals surface area contributed by atoms with Crippen molar-refractivity contribution in [2.45, 2.75) is 6.54 Å². The number of hydrogen-bond acceptors (Lipinski definition) is 6. The average Bonchev–Trinajstić information content (AvgIpc) is 2.63. The fourth-order valence-electron chi connectivity index (χ4n) is 2.33. The van der Waals surface area contributed by atoms with Gasteiger partial charge < -0.3 is 20.2 Å². The van der Waals surface area contributed by atoms with Gasteiger partial charge in [-0.3, -0.25) is 14.5 Å². The first kappa shape index (κ1) is 16.4. The van der Waals surface area contributed by atoms with Crippen molar-refractivity contribution in [2.24, 2.45) is 0 Å². The summed E-state index contributed by atoms with van der Waals surface area (Å²) in [4.78, 5) is 39.3. The van der Waals surface area contributed by atoms with E-state index in [1.807, 2.05) is 30.3 Å². The number of nitrogens with one attached hydrogen (secondary N) is 1. The Balaban J connectivity index is 1.73. The van der Waals surface area contributed by atoms with Crippen LogP contribution in [0.4, 0.5) is 11.6 Å². The first-order chi connectivity index (χ1) is 12.0. The molecule has 1 aliphatic rings. The molecule has 3 rings (SSSR count). The summed E-state index contributed by atoms with van der Waals surface area (Å²) in [5.41, 5.74) is 0.915. The van der Waals surface area contributed by atoms with E-state index in [-0.39, 0.29) is 24.7 Å². The van der Waals surface area contributed by atoms with E-state index < -0.39 is 22.6 Å². The molecule has 0 unspecified atom stereocenters. The van der Waals surface area contributed by atoms with E-state index in [1.54, 1.807) is 0 Å². The zero-order valence-electron chi connectivity index (χ0n) is 13.0. The second-order valence-electron chi connectivity index (χ2n) is 5.28. The molecule has 0 bridgehead atoms. The van der Waals surface area contributed by atoms with Crippen LogP contribution in [0.15, 0.2) is 42.5 Å². The van der Waals surface area contributed by atoms with Gasteiger partial charge in [0.25, 0.3) is 11.7 Å². The van der Waals surface area contributed by atoms with Crippen LogP contribution in [-0.4, -0.2) is 34.9 Å². The van der Waals surface area contributed by atoms with E-state index in [9.17, 15) is 19.7 Å². The van der Waals surface area contributed by atoms with Crippen LogP contribution in [0.2, 0.25) is 0 Å². The minimum absolute atomic E-state index is 0.0275. The lowest BCUT2D eigenvalue weighted by Crippen LogP contribution is -2.45. The number of benzene rings is 1. The number of nitrogens with zero attached hydrogens (tertiary/aromatic N) is 3. The molecule has 0 atom stereocenters. The van der Waals surface area contributed by atoms with E-state index in [4.69, 9.17) is 4.74 Å². The SMILES string of the molecule is O=C(CN1C(=O)COc2ccc([N+](=O)[O-])nc21)NCc1ccccc1. The molecule has 9 heteroatoms. The van der Waals surface area contributed by atoms with Gasteiger partial charge in [0, 0.05) is 12.6 Å². The molecule has 2 aromatic rings. The number of rotatable bonds is 5. The van der Waals surface area contributed by atoms with Crippen molar-refractivity contribution in [3.8, 4) is 5.75 Å². The van der Waals surface area contributed by atoms with Crippen molar-refractivity contribution in [1.29, 1.82) is 0 Å². The molecule has 0 spiro atoms. The maximum Gasteiger partial charge on any atom is 0.366 e. The largest absolute Gasteiger partial charge is 0.477 e. The third kappa shape index (κ3) is 3.71. The predicted octanol–water partition coefficient (Wildman–Crippen LogP) is 1.03. The van der Waals surface area contributed by atoms with Gasteiger partial charge in [-0.1, -0.05) is 30.3 Å². The summed E-state index contributed by atoms with van der Waals surface area (Å²) in [5.74, 6) is -1.12. The Kier molecular flexibility index (Phi) is 4.55. The van der Waals surface area contributed by atoms with Crippen molar-refractivity contribution in [3.63, 3.8) is 0 Å². The lowest BCUT2D eigenvalue weighted by molar-refractivity contribution is -0.389. The summed E-state index contributed by atoms with van der Waals surface area (Å²) in [6.45, 7) is -0.234. The summed E-state index contributed by atoms with van der Waals surface area (Å²) >= 11 is 0. The maximum absolute atomic E-state index is 12.2. The first-order valence-corrected chi connectivity index (χ1v) is 7.44. The second kappa shape index (κ2) is 6.95. The number of ether oxygens (including phenoxy) is 1. The number of aromatic nitrogens is 1. The summed E-state index contributed by atoms with van der Waals surface area (Å²) in [6, 6.07) is 11.8. The number of amides is 2. The zero-order chi connectivity index (χ0) is 17.8. The number of nitro groups is 1. The first-order valence-electron chi connectivity index (χ1n) is 7.44. The molecule has 2 amide bonds. The Labute approximate surface area is 142 Å². The molecule has 128 valence electrons. The molecular formula is C16H14N4O5. The van der Waals surface area contributed by atoms with Gasteiger partial charge in [-0.05, 0) is 21.5 Å². The fraction of sp³-hybridized carbons (Fsp3) is 0.188. The highest BCUT2D eigenvalue weighted by Gasteiger charge is 2.33.